The Balaban J connectivity index is 1.53. The molecule has 3 rings (SSSR count). The summed E-state index contributed by atoms with van der Waals surface area (Å²) in [4.78, 5) is 27.1. The smallest absolute Gasteiger partial charge is 0.333 e. The molecule has 0 aromatic heterocycles. The largest absolute Gasteiger partial charge is 0.492 e. The Hall–Kier alpha value is -3.56. The molecule has 0 fully saturated rings. The van der Waals surface area contributed by atoms with Crippen molar-refractivity contribution in [2.24, 2.45) is 0 Å². The van der Waals surface area contributed by atoms with Crippen molar-refractivity contribution in [2.45, 2.75) is 30.8 Å². The molecule has 3 aromatic rings. The van der Waals surface area contributed by atoms with Gasteiger partial charge in [0.05, 0.1) is 6.54 Å². The molecule has 0 bridgehead atoms. The zero-order valence-electron chi connectivity index (χ0n) is 21.3. The van der Waals surface area contributed by atoms with Crippen molar-refractivity contribution in [3.05, 3.63) is 90.2 Å². The second-order valence-corrected chi connectivity index (χ2v) is 9.59. The Morgan fingerprint density at radius 1 is 1.00 bits per heavy atom. The van der Waals surface area contributed by atoms with Gasteiger partial charge < -0.3 is 24.8 Å². The molecule has 0 saturated heterocycles. The number of nitrogens with zero attached hydrogens (tertiary/aromatic N) is 1. The summed E-state index contributed by atoms with van der Waals surface area (Å²) in [5.41, 5.74) is 1.35. The minimum atomic E-state index is -0.992. The molecule has 2 N–H and O–H groups in total. The highest BCUT2D eigenvalue weighted by Crippen LogP contribution is 2.19. The van der Waals surface area contributed by atoms with Gasteiger partial charge in [-0.25, -0.2) is 14.0 Å². The monoisotopic (exact) mass is 540 g/mol. The van der Waals surface area contributed by atoms with Crippen molar-refractivity contribution >= 4 is 29.4 Å². The number of urea groups is 1. The van der Waals surface area contributed by atoms with E-state index in [2.05, 4.69) is 17.4 Å². The summed E-state index contributed by atoms with van der Waals surface area (Å²) < 4.78 is 24.4. The van der Waals surface area contributed by atoms with Gasteiger partial charge in [-0.2, -0.15) is 0 Å². The van der Waals surface area contributed by atoms with E-state index in [1.165, 1.54) is 29.2 Å². The van der Waals surface area contributed by atoms with E-state index >= 15 is 0 Å². The van der Waals surface area contributed by atoms with Crippen LogP contribution in [0.2, 0.25) is 0 Å². The minimum Gasteiger partial charge on any atom is -0.492 e. The third-order valence-corrected chi connectivity index (χ3v) is 6.68. The normalized spacial score (nSPS) is 11.5. The van der Waals surface area contributed by atoms with Crippen molar-refractivity contribution < 1.29 is 28.6 Å². The van der Waals surface area contributed by atoms with E-state index in [1.54, 1.807) is 35.7 Å². The van der Waals surface area contributed by atoms with Crippen LogP contribution in [-0.4, -0.2) is 60.2 Å². The van der Waals surface area contributed by atoms with Crippen molar-refractivity contribution in [1.82, 2.24) is 4.90 Å². The van der Waals surface area contributed by atoms with E-state index in [9.17, 15) is 19.1 Å². The van der Waals surface area contributed by atoms with E-state index in [-0.39, 0.29) is 24.9 Å². The van der Waals surface area contributed by atoms with Gasteiger partial charge in [0.15, 0.2) is 6.10 Å². The zero-order valence-corrected chi connectivity index (χ0v) is 22.2. The number of anilines is 1. The van der Waals surface area contributed by atoms with Gasteiger partial charge in [-0.3, -0.25) is 0 Å². The molecule has 0 aliphatic carbocycles. The fourth-order valence-electron chi connectivity index (χ4n) is 3.64. The lowest BCUT2D eigenvalue weighted by molar-refractivity contribution is -0.149. The molecule has 1 atom stereocenters. The van der Waals surface area contributed by atoms with Gasteiger partial charge in [-0.1, -0.05) is 30.3 Å². The molecular formula is C29H33FN2O5S. The number of rotatable bonds is 15. The highest BCUT2D eigenvalue weighted by atomic mass is 32.2. The number of benzene rings is 3. The molecule has 3 aromatic carbocycles. The third-order valence-electron chi connectivity index (χ3n) is 5.58. The van der Waals surface area contributed by atoms with Crippen LogP contribution < -0.4 is 10.1 Å². The minimum absolute atomic E-state index is 0.266. The lowest BCUT2D eigenvalue weighted by atomic mass is 10.1. The summed E-state index contributed by atoms with van der Waals surface area (Å²) in [5, 5.41) is 12.1. The maximum Gasteiger partial charge on any atom is 0.333 e. The van der Waals surface area contributed by atoms with Crippen molar-refractivity contribution in [3.63, 3.8) is 0 Å². The fourth-order valence-corrected chi connectivity index (χ4v) is 4.50. The van der Waals surface area contributed by atoms with Gasteiger partial charge in [0, 0.05) is 30.2 Å². The molecule has 0 aliphatic rings. The van der Waals surface area contributed by atoms with Gasteiger partial charge in [0.1, 0.15) is 18.2 Å². The maximum absolute atomic E-state index is 13.2. The first-order valence-corrected chi connectivity index (χ1v) is 13.5. The van der Waals surface area contributed by atoms with Crippen LogP contribution in [0.1, 0.15) is 18.9 Å². The van der Waals surface area contributed by atoms with Crippen LogP contribution in [0.3, 0.4) is 0 Å². The molecule has 9 heteroatoms. The van der Waals surface area contributed by atoms with Gasteiger partial charge in [-0.15, -0.1) is 11.8 Å². The molecule has 0 radical (unpaired) electrons. The fraction of sp³-hybridized carbons (Fsp3) is 0.310. The highest BCUT2D eigenvalue weighted by molar-refractivity contribution is 7.99. The number of amides is 2. The summed E-state index contributed by atoms with van der Waals surface area (Å²) in [5.74, 6) is 0.114. The second-order valence-electron chi connectivity index (χ2n) is 8.42. The maximum atomic E-state index is 13.2. The van der Waals surface area contributed by atoms with Gasteiger partial charge >= 0.3 is 12.0 Å². The SMILES string of the molecule is CCOC(Cc1ccc(OCCN(CCCSc2ccccc2)C(=O)Nc2ccc(F)cc2)cc1)C(=O)O. The van der Waals surface area contributed by atoms with Gasteiger partial charge in [0.2, 0.25) is 0 Å². The van der Waals surface area contributed by atoms with Crippen LogP contribution in [-0.2, 0) is 16.0 Å². The summed E-state index contributed by atoms with van der Waals surface area (Å²) >= 11 is 1.73. The third kappa shape index (κ3) is 10.1. The summed E-state index contributed by atoms with van der Waals surface area (Å²) in [6.07, 6.45) is 0.164. The topological polar surface area (TPSA) is 88.1 Å². The molecule has 0 heterocycles. The van der Waals surface area contributed by atoms with E-state index in [0.717, 1.165) is 17.7 Å². The average molecular weight is 541 g/mol. The number of carboxylic acid groups (broad SMARTS) is 1. The molecule has 7 nitrogen and oxygen atoms in total. The number of carbonyl (C=O) groups is 2. The Labute approximate surface area is 227 Å². The van der Waals surface area contributed by atoms with Crippen LogP contribution in [0, 0.1) is 5.82 Å². The number of carboxylic acids is 1. The second kappa shape index (κ2) is 15.6. The molecule has 0 aliphatic heterocycles. The van der Waals surface area contributed by atoms with Crippen molar-refractivity contribution in [2.75, 3.05) is 37.4 Å². The lowest BCUT2D eigenvalue weighted by Gasteiger charge is -2.23. The first kappa shape index (κ1) is 29.0. The molecule has 0 saturated carbocycles. The number of ether oxygens (including phenoxy) is 2. The van der Waals surface area contributed by atoms with E-state index < -0.39 is 12.1 Å². The molecule has 38 heavy (non-hydrogen) atoms. The molecule has 1 unspecified atom stereocenters. The number of hydrogen-bond donors (Lipinski definition) is 2. The predicted octanol–water partition coefficient (Wildman–Crippen LogP) is 5.95. The van der Waals surface area contributed by atoms with Gasteiger partial charge in [-0.05, 0) is 73.2 Å². The van der Waals surface area contributed by atoms with E-state index in [1.807, 2.05) is 30.3 Å². The molecule has 0 spiro atoms. The average Bonchev–Trinajstić information content (AvgIpc) is 2.92. The number of thioether (sulfide) groups is 1. The molecule has 2 amide bonds. The molecule has 202 valence electrons. The number of carbonyl (C=O) groups excluding carboxylic acids is 1. The van der Waals surface area contributed by atoms with Crippen LogP contribution in [0.4, 0.5) is 14.9 Å². The van der Waals surface area contributed by atoms with Crippen molar-refractivity contribution in [3.8, 4) is 5.75 Å². The van der Waals surface area contributed by atoms with Crippen molar-refractivity contribution in [1.29, 1.82) is 0 Å². The Morgan fingerprint density at radius 3 is 2.37 bits per heavy atom. The zero-order chi connectivity index (χ0) is 27.2. The summed E-state index contributed by atoms with van der Waals surface area (Å²) in [6.45, 7) is 3.25. The quantitative estimate of drug-likeness (QED) is 0.183. The number of hydrogen-bond acceptors (Lipinski definition) is 5. The number of nitrogens with one attached hydrogen (secondary N) is 1. The molecular weight excluding hydrogens is 507 g/mol. The van der Waals surface area contributed by atoms with Crippen LogP contribution in [0.5, 0.6) is 5.75 Å². The van der Waals surface area contributed by atoms with E-state index in [4.69, 9.17) is 9.47 Å². The summed E-state index contributed by atoms with van der Waals surface area (Å²) in [7, 11) is 0. The van der Waals surface area contributed by atoms with Crippen LogP contribution in [0.15, 0.2) is 83.8 Å². The standard InChI is InChI=1S/C29H33FN2O5S/c1-2-36-27(28(33)34)21-22-9-15-25(16-10-22)37-19-18-32(17-6-20-38-26-7-4-3-5-8-26)29(35)31-24-13-11-23(30)12-14-24/h3-5,7-16,27H,2,6,17-21H2,1H3,(H,31,35)(H,33,34). The van der Waals surface area contributed by atoms with Crippen LogP contribution >= 0.6 is 11.8 Å². The number of halogens is 1. The van der Waals surface area contributed by atoms with Gasteiger partial charge in [0.25, 0.3) is 0 Å². The Kier molecular flexibility index (Phi) is 11.9. The highest BCUT2D eigenvalue weighted by Gasteiger charge is 2.18. The number of aliphatic carboxylic acids is 1. The summed E-state index contributed by atoms with van der Waals surface area (Å²) in [6, 6.07) is 22.6. The van der Waals surface area contributed by atoms with E-state index in [0.29, 0.717) is 31.1 Å². The first-order valence-electron chi connectivity index (χ1n) is 12.5. The predicted molar refractivity (Wildman–Crippen MR) is 147 cm³/mol. The first-order chi connectivity index (χ1) is 18.4. The lowest BCUT2D eigenvalue weighted by Crippen LogP contribution is -2.38. The Bertz CT molecular complexity index is 1130. The Morgan fingerprint density at radius 2 is 1.71 bits per heavy atom. The van der Waals surface area contributed by atoms with Crippen LogP contribution in [0.25, 0.3) is 0 Å².